The lowest BCUT2D eigenvalue weighted by Gasteiger charge is -2.08. The van der Waals surface area contributed by atoms with Crippen LogP contribution in [0.25, 0.3) is 0 Å². The first-order valence-corrected chi connectivity index (χ1v) is 6.53. The Labute approximate surface area is 121 Å². The molecule has 0 bridgehead atoms. The number of hydrogen-bond donors (Lipinski definition) is 1. The molecular formula is C16H15F2NO2. The zero-order valence-corrected chi connectivity index (χ0v) is 11.3. The number of halogens is 2. The molecule has 5 heteroatoms. The maximum absolute atomic E-state index is 12.7. The van der Waals surface area contributed by atoms with Crippen LogP contribution in [-0.2, 0) is 11.2 Å². The Morgan fingerprint density at radius 1 is 0.952 bits per heavy atom. The minimum atomic E-state index is -0.327. The Kier molecular flexibility index (Phi) is 5.26. The number of ether oxygens (including phenoxy) is 1. The normalized spacial score (nSPS) is 10.2. The van der Waals surface area contributed by atoms with E-state index in [1.165, 1.54) is 36.4 Å². The van der Waals surface area contributed by atoms with E-state index in [9.17, 15) is 13.6 Å². The SMILES string of the molecule is O=C(Cc1ccc(F)cc1)NCCOc1ccc(F)cc1. The van der Waals surface area contributed by atoms with Crippen molar-refractivity contribution < 1.29 is 18.3 Å². The van der Waals surface area contributed by atoms with Crippen LogP contribution in [0.1, 0.15) is 5.56 Å². The fraction of sp³-hybridized carbons (Fsp3) is 0.188. The number of benzene rings is 2. The van der Waals surface area contributed by atoms with Gasteiger partial charge in [-0.3, -0.25) is 4.79 Å². The van der Waals surface area contributed by atoms with Gasteiger partial charge in [0.2, 0.25) is 5.91 Å². The summed E-state index contributed by atoms with van der Waals surface area (Å²) in [6, 6.07) is 11.4. The predicted octanol–water partition coefficient (Wildman–Crippen LogP) is 2.70. The zero-order valence-electron chi connectivity index (χ0n) is 11.3. The highest BCUT2D eigenvalue weighted by Crippen LogP contribution is 2.10. The lowest BCUT2D eigenvalue weighted by Crippen LogP contribution is -2.29. The molecular weight excluding hydrogens is 276 g/mol. The maximum atomic E-state index is 12.7. The van der Waals surface area contributed by atoms with Crippen LogP contribution < -0.4 is 10.1 Å². The van der Waals surface area contributed by atoms with Crippen molar-refractivity contribution in [3.63, 3.8) is 0 Å². The first-order valence-electron chi connectivity index (χ1n) is 6.53. The number of amides is 1. The van der Waals surface area contributed by atoms with E-state index in [1.807, 2.05) is 0 Å². The van der Waals surface area contributed by atoms with Crippen LogP contribution in [0.3, 0.4) is 0 Å². The number of hydrogen-bond acceptors (Lipinski definition) is 2. The summed E-state index contributed by atoms with van der Waals surface area (Å²) in [6.07, 6.45) is 0.191. The summed E-state index contributed by atoms with van der Waals surface area (Å²) in [5.74, 6) is -0.268. The summed E-state index contributed by atoms with van der Waals surface area (Å²) in [6.45, 7) is 0.637. The Hall–Kier alpha value is -2.43. The summed E-state index contributed by atoms with van der Waals surface area (Å²) in [5.41, 5.74) is 0.744. The highest BCUT2D eigenvalue weighted by atomic mass is 19.1. The second-order valence-electron chi connectivity index (χ2n) is 4.46. The third-order valence-electron chi connectivity index (χ3n) is 2.78. The minimum Gasteiger partial charge on any atom is -0.492 e. The van der Waals surface area contributed by atoms with E-state index in [0.29, 0.717) is 18.9 Å². The average molecular weight is 291 g/mol. The van der Waals surface area contributed by atoms with E-state index in [1.54, 1.807) is 12.1 Å². The van der Waals surface area contributed by atoms with Crippen LogP contribution in [0.5, 0.6) is 5.75 Å². The fourth-order valence-corrected chi connectivity index (χ4v) is 1.74. The Bertz CT molecular complexity index is 582. The van der Waals surface area contributed by atoms with Gasteiger partial charge in [-0.25, -0.2) is 8.78 Å². The van der Waals surface area contributed by atoms with Crippen molar-refractivity contribution in [3.05, 3.63) is 65.7 Å². The monoisotopic (exact) mass is 291 g/mol. The van der Waals surface area contributed by atoms with Crippen molar-refractivity contribution in [3.8, 4) is 5.75 Å². The second-order valence-corrected chi connectivity index (χ2v) is 4.46. The molecule has 0 aliphatic carbocycles. The maximum Gasteiger partial charge on any atom is 0.224 e. The van der Waals surface area contributed by atoms with Gasteiger partial charge in [-0.1, -0.05) is 12.1 Å². The lowest BCUT2D eigenvalue weighted by atomic mass is 10.1. The van der Waals surface area contributed by atoms with Gasteiger partial charge in [0.25, 0.3) is 0 Å². The molecule has 0 saturated heterocycles. The Morgan fingerprint density at radius 3 is 2.14 bits per heavy atom. The molecule has 0 aliphatic heterocycles. The number of carbonyl (C=O) groups excluding carboxylic acids is 1. The molecule has 0 aromatic heterocycles. The standard InChI is InChI=1S/C16H15F2NO2/c17-13-3-1-12(2-4-13)11-16(20)19-9-10-21-15-7-5-14(18)6-8-15/h1-8H,9-11H2,(H,19,20). The van der Waals surface area contributed by atoms with E-state index in [4.69, 9.17) is 4.74 Å². The third kappa shape index (κ3) is 5.22. The molecule has 0 fully saturated rings. The van der Waals surface area contributed by atoms with E-state index in [0.717, 1.165) is 5.56 Å². The van der Waals surface area contributed by atoms with Crippen molar-refractivity contribution >= 4 is 5.91 Å². The summed E-state index contributed by atoms with van der Waals surface area (Å²) in [4.78, 5) is 11.6. The quantitative estimate of drug-likeness (QED) is 0.831. The molecule has 110 valence electrons. The molecule has 2 aromatic carbocycles. The van der Waals surface area contributed by atoms with Crippen LogP contribution >= 0.6 is 0 Å². The lowest BCUT2D eigenvalue weighted by molar-refractivity contribution is -0.120. The van der Waals surface area contributed by atoms with Gasteiger partial charge in [-0.15, -0.1) is 0 Å². The number of nitrogens with one attached hydrogen (secondary N) is 1. The molecule has 0 aliphatic rings. The van der Waals surface area contributed by atoms with Gasteiger partial charge < -0.3 is 10.1 Å². The molecule has 0 saturated carbocycles. The first kappa shape index (κ1) is 15.0. The highest BCUT2D eigenvalue weighted by Gasteiger charge is 2.03. The number of carbonyl (C=O) groups is 1. The van der Waals surface area contributed by atoms with Crippen molar-refractivity contribution in [2.24, 2.45) is 0 Å². The molecule has 2 rings (SSSR count). The molecule has 1 amide bonds. The highest BCUT2D eigenvalue weighted by molar-refractivity contribution is 5.78. The van der Waals surface area contributed by atoms with Crippen LogP contribution in [0, 0.1) is 11.6 Å². The van der Waals surface area contributed by atoms with Crippen LogP contribution in [-0.4, -0.2) is 19.1 Å². The van der Waals surface area contributed by atoms with Gasteiger partial charge in [-0.05, 0) is 42.0 Å². The van der Waals surface area contributed by atoms with Crippen molar-refractivity contribution in [2.75, 3.05) is 13.2 Å². The van der Waals surface area contributed by atoms with Gasteiger partial charge in [0, 0.05) is 0 Å². The van der Waals surface area contributed by atoms with Gasteiger partial charge in [0.05, 0.1) is 13.0 Å². The molecule has 0 radical (unpaired) electrons. The van der Waals surface area contributed by atoms with E-state index >= 15 is 0 Å². The summed E-state index contributed by atoms with van der Waals surface area (Å²) in [7, 11) is 0. The minimum absolute atomic E-state index is 0.163. The number of rotatable bonds is 6. The smallest absolute Gasteiger partial charge is 0.224 e. The topological polar surface area (TPSA) is 38.3 Å². The van der Waals surface area contributed by atoms with Crippen LogP contribution in [0.15, 0.2) is 48.5 Å². The Morgan fingerprint density at radius 2 is 1.52 bits per heavy atom. The molecule has 0 unspecified atom stereocenters. The average Bonchev–Trinajstić information content (AvgIpc) is 2.48. The zero-order chi connectivity index (χ0) is 15.1. The van der Waals surface area contributed by atoms with Gasteiger partial charge in [-0.2, -0.15) is 0 Å². The first-order chi connectivity index (χ1) is 10.1. The molecule has 21 heavy (non-hydrogen) atoms. The van der Waals surface area contributed by atoms with Gasteiger partial charge >= 0.3 is 0 Å². The summed E-state index contributed by atoms with van der Waals surface area (Å²) < 4.78 is 30.7. The molecule has 0 spiro atoms. The van der Waals surface area contributed by atoms with Gasteiger partial charge in [0.1, 0.15) is 24.0 Å². The van der Waals surface area contributed by atoms with Crippen molar-refractivity contribution in [1.29, 1.82) is 0 Å². The van der Waals surface area contributed by atoms with Crippen molar-refractivity contribution in [2.45, 2.75) is 6.42 Å². The molecule has 0 atom stereocenters. The Balaban J connectivity index is 1.67. The van der Waals surface area contributed by atoms with E-state index in [2.05, 4.69) is 5.32 Å². The van der Waals surface area contributed by atoms with Crippen LogP contribution in [0.2, 0.25) is 0 Å². The molecule has 2 aromatic rings. The van der Waals surface area contributed by atoms with E-state index in [-0.39, 0.29) is 24.0 Å². The molecule has 1 N–H and O–H groups in total. The summed E-state index contributed by atoms with van der Waals surface area (Å²) >= 11 is 0. The van der Waals surface area contributed by atoms with Gasteiger partial charge in [0.15, 0.2) is 0 Å². The summed E-state index contributed by atoms with van der Waals surface area (Å²) in [5, 5.41) is 2.70. The van der Waals surface area contributed by atoms with Crippen LogP contribution in [0.4, 0.5) is 8.78 Å². The predicted molar refractivity (Wildman–Crippen MR) is 75.0 cm³/mol. The second kappa shape index (κ2) is 7.38. The third-order valence-corrected chi connectivity index (χ3v) is 2.78. The molecule has 3 nitrogen and oxygen atoms in total. The van der Waals surface area contributed by atoms with E-state index < -0.39 is 0 Å². The molecule has 0 heterocycles. The van der Waals surface area contributed by atoms with Crippen molar-refractivity contribution in [1.82, 2.24) is 5.32 Å². The fourth-order valence-electron chi connectivity index (χ4n) is 1.74. The largest absolute Gasteiger partial charge is 0.492 e.